The minimum absolute atomic E-state index is 0.0500. The fourth-order valence-corrected chi connectivity index (χ4v) is 3.38. The Bertz CT molecular complexity index is 317. The molecule has 0 aromatic rings. The van der Waals surface area contributed by atoms with Gasteiger partial charge in [-0.15, -0.1) is 0 Å². The molecule has 14 heavy (non-hydrogen) atoms. The van der Waals surface area contributed by atoms with Crippen LogP contribution in [-0.4, -0.2) is 43.1 Å². The molecule has 7 heteroatoms. The lowest BCUT2D eigenvalue weighted by atomic mass is 9.92. The number of alkyl halides is 2. The van der Waals surface area contributed by atoms with Crippen LogP contribution in [0.25, 0.3) is 0 Å². The van der Waals surface area contributed by atoms with Crippen LogP contribution in [0.3, 0.4) is 0 Å². The Kier molecular flexibility index (Phi) is 2.86. The molecule has 4 nitrogen and oxygen atoms in total. The third-order valence-electron chi connectivity index (χ3n) is 2.44. The second-order valence-electron chi connectivity index (χ2n) is 3.64. The largest absolute Gasteiger partial charge is 0.382 e. The van der Waals surface area contributed by atoms with Crippen LogP contribution < -0.4 is 5.73 Å². The molecule has 1 heterocycles. The highest BCUT2D eigenvalue weighted by Crippen LogP contribution is 2.36. The van der Waals surface area contributed by atoms with Crippen molar-refractivity contribution in [3.05, 3.63) is 0 Å². The lowest BCUT2D eigenvalue weighted by Gasteiger charge is -2.37. The molecule has 1 rings (SSSR count). The summed E-state index contributed by atoms with van der Waals surface area (Å²) in [6.07, 6.45) is -0.176. The van der Waals surface area contributed by atoms with E-state index in [9.17, 15) is 22.3 Å². The van der Waals surface area contributed by atoms with Gasteiger partial charge in [0.05, 0.1) is 18.1 Å². The van der Waals surface area contributed by atoms with Crippen LogP contribution >= 0.6 is 0 Å². The molecule has 3 N–H and O–H groups in total. The van der Waals surface area contributed by atoms with Crippen molar-refractivity contribution in [2.24, 2.45) is 5.73 Å². The van der Waals surface area contributed by atoms with Gasteiger partial charge in [-0.25, -0.2) is 17.2 Å². The van der Waals surface area contributed by atoms with E-state index in [1.165, 1.54) is 0 Å². The predicted molar refractivity (Wildman–Crippen MR) is 46.8 cm³/mol. The Hall–Kier alpha value is -0.270. The lowest BCUT2D eigenvalue weighted by molar-refractivity contribution is -0.167. The summed E-state index contributed by atoms with van der Waals surface area (Å²) >= 11 is 0. The zero-order valence-corrected chi connectivity index (χ0v) is 8.36. The molecule has 1 atom stereocenters. The smallest absolute Gasteiger partial charge is 0.289 e. The van der Waals surface area contributed by atoms with Crippen LogP contribution in [0.1, 0.15) is 12.8 Å². The normalized spacial score (nSPS) is 32.9. The minimum Gasteiger partial charge on any atom is -0.382 e. The third kappa shape index (κ3) is 2.04. The van der Waals surface area contributed by atoms with Crippen LogP contribution in [0.5, 0.6) is 0 Å². The van der Waals surface area contributed by atoms with E-state index in [1.54, 1.807) is 0 Å². The van der Waals surface area contributed by atoms with Gasteiger partial charge in [0, 0.05) is 0 Å². The summed E-state index contributed by atoms with van der Waals surface area (Å²) in [7, 11) is -3.57. The van der Waals surface area contributed by atoms with E-state index in [2.05, 4.69) is 0 Å². The quantitative estimate of drug-likeness (QED) is 0.670. The van der Waals surface area contributed by atoms with Gasteiger partial charge in [-0.3, -0.25) is 0 Å². The van der Waals surface area contributed by atoms with Crippen LogP contribution in [0.2, 0.25) is 0 Å². The van der Waals surface area contributed by atoms with Gasteiger partial charge in [-0.05, 0) is 12.8 Å². The van der Waals surface area contributed by atoms with E-state index < -0.39 is 33.7 Å². The zero-order valence-electron chi connectivity index (χ0n) is 7.54. The van der Waals surface area contributed by atoms with Gasteiger partial charge in [0.15, 0.2) is 9.84 Å². The first kappa shape index (κ1) is 11.8. The number of hydrogen-bond donors (Lipinski definition) is 2. The number of aliphatic hydroxyl groups is 1. The highest BCUT2D eigenvalue weighted by Gasteiger charge is 2.55. The van der Waals surface area contributed by atoms with Crippen molar-refractivity contribution in [1.29, 1.82) is 0 Å². The van der Waals surface area contributed by atoms with Crippen molar-refractivity contribution in [3.63, 3.8) is 0 Å². The van der Waals surface area contributed by atoms with E-state index in [0.717, 1.165) is 0 Å². The molecule has 1 unspecified atom stereocenters. The van der Waals surface area contributed by atoms with E-state index in [1.807, 2.05) is 0 Å². The van der Waals surface area contributed by atoms with Crippen LogP contribution in [0.4, 0.5) is 8.78 Å². The molecule has 0 aromatic heterocycles. The maximum absolute atomic E-state index is 13.1. The minimum atomic E-state index is -3.57. The maximum Gasteiger partial charge on any atom is 0.289 e. The second kappa shape index (κ2) is 3.39. The molecule has 0 aliphatic carbocycles. The summed E-state index contributed by atoms with van der Waals surface area (Å²) in [6.45, 7) is -1.04. The van der Waals surface area contributed by atoms with Crippen molar-refractivity contribution in [2.45, 2.75) is 24.4 Å². The van der Waals surface area contributed by atoms with Gasteiger partial charge in [-0.1, -0.05) is 0 Å². The molecule has 1 aliphatic rings. The molecule has 0 radical (unpaired) electrons. The second-order valence-corrected chi connectivity index (χ2v) is 5.82. The fraction of sp³-hybridized carbons (Fsp3) is 1.00. The summed E-state index contributed by atoms with van der Waals surface area (Å²) in [5.74, 6) is -4.58. The molecule has 0 aromatic carbocycles. The van der Waals surface area contributed by atoms with E-state index in [-0.39, 0.29) is 18.6 Å². The Balaban J connectivity index is 2.95. The standard InChI is InChI=1S/C7H13F2NO3S/c8-7(9,4-10)6(11)2-1-3-14(12,13)5-6/h11H,1-5,10H2. The highest BCUT2D eigenvalue weighted by molar-refractivity contribution is 7.91. The number of sulfone groups is 1. The molecule has 1 aliphatic heterocycles. The predicted octanol–water partition coefficient (Wildman–Crippen LogP) is -0.480. The molecule has 0 spiro atoms. The molecule has 0 saturated carbocycles. The molecule has 0 amide bonds. The Morgan fingerprint density at radius 1 is 1.50 bits per heavy atom. The Morgan fingerprint density at radius 2 is 2.07 bits per heavy atom. The van der Waals surface area contributed by atoms with Gasteiger partial charge >= 0.3 is 0 Å². The van der Waals surface area contributed by atoms with Gasteiger partial charge in [0.25, 0.3) is 5.92 Å². The summed E-state index contributed by atoms with van der Waals surface area (Å²) in [5.41, 5.74) is 2.32. The first-order valence-electron chi connectivity index (χ1n) is 4.23. The zero-order chi connectivity index (χ0) is 11.0. The van der Waals surface area contributed by atoms with Crippen molar-refractivity contribution in [1.82, 2.24) is 0 Å². The topological polar surface area (TPSA) is 80.4 Å². The third-order valence-corrected chi connectivity index (χ3v) is 4.27. The van der Waals surface area contributed by atoms with Crippen molar-refractivity contribution < 1.29 is 22.3 Å². The highest BCUT2D eigenvalue weighted by atomic mass is 32.2. The van der Waals surface area contributed by atoms with E-state index in [0.29, 0.717) is 0 Å². The van der Waals surface area contributed by atoms with Crippen molar-refractivity contribution >= 4 is 9.84 Å². The molecular formula is C7H13F2NO3S. The lowest BCUT2D eigenvalue weighted by Crippen LogP contribution is -2.58. The van der Waals surface area contributed by atoms with E-state index in [4.69, 9.17) is 5.73 Å². The van der Waals surface area contributed by atoms with Crippen LogP contribution in [-0.2, 0) is 9.84 Å². The first-order chi connectivity index (χ1) is 6.22. The number of rotatable bonds is 2. The molecule has 84 valence electrons. The van der Waals surface area contributed by atoms with Gasteiger partial charge < -0.3 is 10.8 Å². The fourth-order valence-electron chi connectivity index (χ4n) is 1.57. The van der Waals surface area contributed by atoms with Crippen LogP contribution in [0, 0.1) is 0 Å². The van der Waals surface area contributed by atoms with Crippen LogP contribution in [0.15, 0.2) is 0 Å². The average Bonchev–Trinajstić information content (AvgIpc) is 2.01. The number of hydrogen-bond acceptors (Lipinski definition) is 4. The Labute approximate surface area is 81.0 Å². The van der Waals surface area contributed by atoms with E-state index >= 15 is 0 Å². The molecular weight excluding hydrogens is 216 g/mol. The first-order valence-corrected chi connectivity index (χ1v) is 6.05. The molecule has 1 saturated heterocycles. The number of halogens is 2. The SMILES string of the molecule is NCC(F)(F)C1(O)CCCS(=O)(=O)C1. The summed E-state index contributed by atoms with van der Waals surface area (Å²) in [6, 6.07) is 0. The average molecular weight is 229 g/mol. The Morgan fingerprint density at radius 3 is 2.50 bits per heavy atom. The molecule has 0 bridgehead atoms. The summed E-state index contributed by atoms with van der Waals surface area (Å²) in [5, 5.41) is 9.53. The monoisotopic (exact) mass is 229 g/mol. The van der Waals surface area contributed by atoms with Gasteiger partial charge in [0.1, 0.15) is 5.60 Å². The van der Waals surface area contributed by atoms with Gasteiger partial charge in [0.2, 0.25) is 0 Å². The maximum atomic E-state index is 13.1. The number of nitrogens with two attached hydrogens (primary N) is 1. The van der Waals surface area contributed by atoms with Crippen molar-refractivity contribution in [2.75, 3.05) is 18.1 Å². The van der Waals surface area contributed by atoms with Gasteiger partial charge in [-0.2, -0.15) is 0 Å². The van der Waals surface area contributed by atoms with Crippen molar-refractivity contribution in [3.8, 4) is 0 Å². The summed E-state index contributed by atoms with van der Waals surface area (Å²) < 4.78 is 48.4. The summed E-state index contributed by atoms with van der Waals surface area (Å²) in [4.78, 5) is 0. The molecule has 1 fully saturated rings.